The van der Waals surface area contributed by atoms with Crippen LogP contribution in [-0.4, -0.2) is 23.0 Å². The lowest BCUT2D eigenvalue weighted by Gasteiger charge is -2.30. The molecular weight excluding hydrogens is 170 g/mol. The Bertz CT molecular complexity index is 211. The first kappa shape index (κ1) is 11.9. The van der Waals surface area contributed by atoms with E-state index in [2.05, 4.69) is 5.32 Å². The van der Waals surface area contributed by atoms with Gasteiger partial charge in [0.25, 0.3) is 0 Å². The van der Waals surface area contributed by atoms with Crippen molar-refractivity contribution in [3.63, 3.8) is 0 Å². The van der Waals surface area contributed by atoms with E-state index in [1.165, 1.54) is 6.92 Å². The minimum Gasteiger partial charge on any atom is -0.480 e. The number of carbonyl (C=O) groups excluding carboxylic acids is 1. The Kier molecular flexibility index (Phi) is 3.91. The van der Waals surface area contributed by atoms with Crippen LogP contribution in [0.3, 0.4) is 0 Å². The maximum absolute atomic E-state index is 10.8. The molecule has 0 saturated heterocycles. The van der Waals surface area contributed by atoms with Crippen LogP contribution in [0, 0.1) is 5.41 Å². The van der Waals surface area contributed by atoms with Crippen LogP contribution in [0.2, 0.25) is 0 Å². The van der Waals surface area contributed by atoms with E-state index in [9.17, 15) is 9.59 Å². The Morgan fingerprint density at radius 1 is 1.46 bits per heavy atom. The predicted molar refractivity (Wildman–Crippen MR) is 49.3 cm³/mol. The van der Waals surface area contributed by atoms with E-state index < -0.39 is 17.4 Å². The van der Waals surface area contributed by atoms with Gasteiger partial charge >= 0.3 is 5.97 Å². The molecule has 4 heteroatoms. The zero-order valence-corrected chi connectivity index (χ0v) is 8.55. The summed E-state index contributed by atoms with van der Waals surface area (Å²) < 4.78 is 0. The maximum atomic E-state index is 10.8. The molecule has 76 valence electrons. The number of aliphatic carboxylic acids is 1. The second-order valence-corrected chi connectivity index (χ2v) is 3.81. The van der Waals surface area contributed by atoms with E-state index in [0.717, 1.165) is 0 Å². The van der Waals surface area contributed by atoms with E-state index in [-0.39, 0.29) is 5.91 Å². The van der Waals surface area contributed by atoms with Crippen molar-refractivity contribution in [1.29, 1.82) is 0 Å². The normalized spacial score (nSPS) is 13.5. The lowest BCUT2D eigenvalue weighted by atomic mass is 9.82. The SMILES string of the molecule is CCC(C)(C)C(NC(C)=O)C(=O)O. The molecule has 0 aliphatic heterocycles. The molecule has 1 amide bonds. The van der Waals surface area contributed by atoms with Crippen LogP contribution in [0.25, 0.3) is 0 Å². The van der Waals surface area contributed by atoms with Gasteiger partial charge in [-0.1, -0.05) is 20.8 Å². The molecule has 0 radical (unpaired) electrons. The third-order valence-electron chi connectivity index (χ3n) is 2.29. The quantitative estimate of drug-likeness (QED) is 0.690. The molecule has 0 aliphatic rings. The van der Waals surface area contributed by atoms with Crippen molar-refractivity contribution in [1.82, 2.24) is 5.32 Å². The molecular formula is C9H17NO3. The smallest absolute Gasteiger partial charge is 0.326 e. The highest BCUT2D eigenvalue weighted by molar-refractivity contribution is 5.82. The molecule has 0 saturated carbocycles. The molecule has 0 fully saturated rings. The van der Waals surface area contributed by atoms with Gasteiger partial charge in [-0.05, 0) is 11.8 Å². The fraction of sp³-hybridized carbons (Fsp3) is 0.778. The molecule has 1 atom stereocenters. The Labute approximate surface area is 78.3 Å². The average molecular weight is 187 g/mol. The molecule has 0 rings (SSSR count). The third kappa shape index (κ3) is 3.44. The van der Waals surface area contributed by atoms with Gasteiger partial charge in [0.2, 0.25) is 5.91 Å². The maximum Gasteiger partial charge on any atom is 0.326 e. The molecule has 0 spiro atoms. The molecule has 0 aromatic heterocycles. The first-order valence-corrected chi connectivity index (χ1v) is 4.31. The van der Waals surface area contributed by atoms with Gasteiger partial charge in [-0.25, -0.2) is 4.79 Å². The van der Waals surface area contributed by atoms with Gasteiger partial charge in [0, 0.05) is 6.92 Å². The summed E-state index contributed by atoms with van der Waals surface area (Å²) in [4.78, 5) is 21.6. The molecule has 0 heterocycles. The Morgan fingerprint density at radius 3 is 2.15 bits per heavy atom. The van der Waals surface area contributed by atoms with Crippen LogP contribution in [0.1, 0.15) is 34.1 Å². The average Bonchev–Trinajstić information content (AvgIpc) is 1.99. The van der Waals surface area contributed by atoms with Crippen LogP contribution in [-0.2, 0) is 9.59 Å². The van der Waals surface area contributed by atoms with Crippen LogP contribution in [0.5, 0.6) is 0 Å². The summed E-state index contributed by atoms with van der Waals surface area (Å²) in [5, 5.41) is 11.3. The van der Waals surface area contributed by atoms with Crippen LogP contribution < -0.4 is 5.32 Å². The Morgan fingerprint density at radius 2 is 1.92 bits per heavy atom. The predicted octanol–water partition coefficient (Wildman–Crippen LogP) is 1.01. The Balaban J connectivity index is 4.60. The number of carboxylic acids is 1. The molecule has 4 nitrogen and oxygen atoms in total. The second-order valence-electron chi connectivity index (χ2n) is 3.81. The largest absolute Gasteiger partial charge is 0.480 e. The highest BCUT2D eigenvalue weighted by Crippen LogP contribution is 2.24. The highest BCUT2D eigenvalue weighted by atomic mass is 16.4. The highest BCUT2D eigenvalue weighted by Gasteiger charge is 2.34. The van der Waals surface area contributed by atoms with Gasteiger partial charge in [-0.15, -0.1) is 0 Å². The van der Waals surface area contributed by atoms with Gasteiger partial charge in [0.05, 0.1) is 0 Å². The molecule has 2 N–H and O–H groups in total. The zero-order chi connectivity index (χ0) is 10.6. The summed E-state index contributed by atoms with van der Waals surface area (Å²) in [6, 6.07) is -0.810. The number of carbonyl (C=O) groups is 2. The molecule has 1 unspecified atom stereocenters. The first-order valence-electron chi connectivity index (χ1n) is 4.31. The van der Waals surface area contributed by atoms with Crippen LogP contribution >= 0.6 is 0 Å². The molecule has 0 aliphatic carbocycles. The van der Waals surface area contributed by atoms with Crippen molar-refractivity contribution in [2.24, 2.45) is 5.41 Å². The summed E-state index contributed by atoms with van der Waals surface area (Å²) in [6.07, 6.45) is 0.699. The van der Waals surface area contributed by atoms with Crippen molar-refractivity contribution in [2.45, 2.75) is 40.2 Å². The summed E-state index contributed by atoms with van der Waals surface area (Å²) in [7, 11) is 0. The number of hydrogen-bond donors (Lipinski definition) is 2. The topological polar surface area (TPSA) is 66.4 Å². The molecule has 13 heavy (non-hydrogen) atoms. The summed E-state index contributed by atoms with van der Waals surface area (Å²) in [6.45, 7) is 6.86. The van der Waals surface area contributed by atoms with Gasteiger partial charge in [0.15, 0.2) is 0 Å². The fourth-order valence-corrected chi connectivity index (χ4v) is 0.999. The van der Waals surface area contributed by atoms with E-state index in [0.29, 0.717) is 6.42 Å². The number of amides is 1. The van der Waals surface area contributed by atoms with Gasteiger partial charge < -0.3 is 10.4 Å². The number of hydrogen-bond acceptors (Lipinski definition) is 2. The van der Waals surface area contributed by atoms with Crippen molar-refractivity contribution < 1.29 is 14.7 Å². The number of rotatable bonds is 4. The van der Waals surface area contributed by atoms with E-state index in [1.54, 1.807) is 0 Å². The second kappa shape index (κ2) is 4.25. The van der Waals surface area contributed by atoms with Crippen molar-refractivity contribution in [3.05, 3.63) is 0 Å². The zero-order valence-electron chi connectivity index (χ0n) is 8.55. The number of carboxylic acid groups (broad SMARTS) is 1. The summed E-state index contributed by atoms with van der Waals surface area (Å²) >= 11 is 0. The Hall–Kier alpha value is -1.06. The van der Waals surface area contributed by atoms with E-state index in [1.807, 2.05) is 20.8 Å². The number of nitrogens with one attached hydrogen (secondary N) is 1. The molecule has 0 aromatic rings. The standard InChI is InChI=1S/C9H17NO3/c1-5-9(3,4)7(8(12)13)10-6(2)11/h7H,5H2,1-4H3,(H,10,11)(H,12,13). The minimum atomic E-state index is -0.984. The van der Waals surface area contributed by atoms with Crippen molar-refractivity contribution >= 4 is 11.9 Å². The van der Waals surface area contributed by atoms with Crippen molar-refractivity contribution in [3.8, 4) is 0 Å². The van der Waals surface area contributed by atoms with Crippen LogP contribution in [0.15, 0.2) is 0 Å². The van der Waals surface area contributed by atoms with Gasteiger partial charge in [-0.3, -0.25) is 4.79 Å². The molecule has 0 bridgehead atoms. The lowest BCUT2D eigenvalue weighted by molar-refractivity contribution is -0.145. The van der Waals surface area contributed by atoms with Crippen LogP contribution in [0.4, 0.5) is 0 Å². The first-order chi connectivity index (χ1) is 5.81. The molecule has 0 aromatic carbocycles. The fourth-order valence-electron chi connectivity index (χ4n) is 0.999. The lowest BCUT2D eigenvalue weighted by Crippen LogP contribution is -2.49. The van der Waals surface area contributed by atoms with Gasteiger partial charge in [-0.2, -0.15) is 0 Å². The van der Waals surface area contributed by atoms with E-state index >= 15 is 0 Å². The minimum absolute atomic E-state index is 0.311. The van der Waals surface area contributed by atoms with Crippen molar-refractivity contribution in [2.75, 3.05) is 0 Å². The van der Waals surface area contributed by atoms with Gasteiger partial charge in [0.1, 0.15) is 6.04 Å². The summed E-state index contributed by atoms with van der Waals surface area (Å²) in [5.41, 5.74) is -0.419. The monoisotopic (exact) mass is 187 g/mol. The summed E-state index contributed by atoms with van der Waals surface area (Å²) in [5.74, 6) is -1.30. The van der Waals surface area contributed by atoms with E-state index in [4.69, 9.17) is 5.11 Å². The third-order valence-corrected chi connectivity index (χ3v) is 2.29.